The number of carbonyl (C=O) groups excluding carboxylic acids is 1. The molecular weight excluding hydrogens is 234 g/mol. The SMILES string of the molecule is C#CCOc1ccc(CCNC(=O)CS)cc1. The summed E-state index contributed by atoms with van der Waals surface area (Å²) >= 11 is 3.88. The maximum absolute atomic E-state index is 10.9. The number of terminal acetylenes is 1. The lowest BCUT2D eigenvalue weighted by atomic mass is 10.1. The first-order valence-electron chi connectivity index (χ1n) is 5.29. The molecule has 0 atom stereocenters. The van der Waals surface area contributed by atoms with Crippen molar-refractivity contribution in [3.8, 4) is 18.1 Å². The van der Waals surface area contributed by atoms with Gasteiger partial charge in [0.1, 0.15) is 12.4 Å². The Bertz CT molecular complexity index is 395. The predicted molar refractivity (Wildman–Crippen MR) is 71.3 cm³/mol. The molecule has 17 heavy (non-hydrogen) atoms. The molecule has 90 valence electrons. The van der Waals surface area contributed by atoms with Crippen LogP contribution in [0.3, 0.4) is 0 Å². The van der Waals surface area contributed by atoms with Gasteiger partial charge in [-0.1, -0.05) is 18.1 Å². The van der Waals surface area contributed by atoms with Crippen molar-refractivity contribution in [2.45, 2.75) is 6.42 Å². The number of hydrogen-bond donors (Lipinski definition) is 2. The van der Waals surface area contributed by atoms with E-state index >= 15 is 0 Å². The molecule has 1 rings (SSSR count). The molecule has 0 unspecified atom stereocenters. The minimum atomic E-state index is -0.0534. The van der Waals surface area contributed by atoms with E-state index in [1.165, 1.54) is 0 Å². The third-order valence-electron chi connectivity index (χ3n) is 2.12. The van der Waals surface area contributed by atoms with Crippen LogP contribution in [0.1, 0.15) is 5.56 Å². The number of nitrogens with one attached hydrogen (secondary N) is 1. The van der Waals surface area contributed by atoms with Crippen LogP contribution in [0.4, 0.5) is 0 Å². The van der Waals surface area contributed by atoms with Gasteiger partial charge in [-0.2, -0.15) is 12.6 Å². The highest BCUT2D eigenvalue weighted by Crippen LogP contribution is 2.12. The topological polar surface area (TPSA) is 38.3 Å². The molecule has 0 spiro atoms. The zero-order valence-electron chi connectivity index (χ0n) is 9.48. The van der Waals surface area contributed by atoms with Crippen molar-refractivity contribution in [1.29, 1.82) is 0 Å². The van der Waals surface area contributed by atoms with E-state index < -0.39 is 0 Å². The van der Waals surface area contributed by atoms with Gasteiger partial charge in [0, 0.05) is 6.54 Å². The molecule has 0 aliphatic rings. The minimum absolute atomic E-state index is 0.0534. The quantitative estimate of drug-likeness (QED) is 0.589. The molecule has 1 aromatic rings. The second-order valence-corrected chi connectivity index (χ2v) is 3.71. The van der Waals surface area contributed by atoms with Gasteiger partial charge < -0.3 is 10.1 Å². The molecule has 0 aliphatic carbocycles. The highest BCUT2D eigenvalue weighted by atomic mass is 32.1. The molecule has 4 heteroatoms. The third-order valence-corrected chi connectivity index (χ3v) is 2.41. The molecule has 0 aliphatic heterocycles. The first-order valence-corrected chi connectivity index (χ1v) is 5.92. The Morgan fingerprint density at radius 2 is 2.12 bits per heavy atom. The Balaban J connectivity index is 2.35. The fraction of sp³-hybridized carbons (Fsp3) is 0.308. The van der Waals surface area contributed by atoms with Crippen molar-refractivity contribution in [2.75, 3.05) is 18.9 Å². The van der Waals surface area contributed by atoms with Gasteiger partial charge in [-0.15, -0.1) is 6.42 Å². The molecule has 1 N–H and O–H groups in total. The number of benzene rings is 1. The van der Waals surface area contributed by atoms with E-state index in [1.54, 1.807) is 0 Å². The van der Waals surface area contributed by atoms with Gasteiger partial charge in [0.05, 0.1) is 5.75 Å². The number of ether oxygens (including phenoxy) is 1. The second-order valence-electron chi connectivity index (χ2n) is 3.39. The molecule has 0 radical (unpaired) electrons. The summed E-state index contributed by atoms with van der Waals surface area (Å²) in [6.07, 6.45) is 5.88. The summed E-state index contributed by atoms with van der Waals surface area (Å²) in [6, 6.07) is 7.65. The van der Waals surface area contributed by atoms with E-state index in [9.17, 15) is 4.79 Å². The van der Waals surface area contributed by atoms with Gasteiger partial charge in [0.15, 0.2) is 0 Å². The summed E-state index contributed by atoms with van der Waals surface area (Å²) in [5.41, 5.74) is 1.14. The van der Waals surface area contributed by atoms with Crippen molar-refractivity contribution in [3.05, 3.63) is 29.8 Å². The Labute approximate surface area is 107 Å². The molecule has 1 amide bonds. The van der Waals surface area contributed by atoms with E-state index in [0.29, 0.717) is 6.54 Å². The lowest BCUT2D eigenvalue weighted by Crippen LogP contribution is -2.26. The maximum Gasteiger partial charge on any atom is 0.229 e. The van der Waals surface area contributed by atoms with Crippen LogP contribution in [-0.4, -0.2) is 24.8 Å². The normalized spacial score (nSPS) is 9.41. The molecule has 0 aromatic heterocycles. The molecule has 0 saturated carbocycles. The van der Waals surface area contributed by atoms with Gasteiger partial charge in [-0.05, 0) is 24.1 Å². The third kappa shape index (κ3) is 5.32. The van der Waals surface area contributed by atoms with E-state index in [0.717, 1.165) is 17.7 Å². The zero-order valence-corrected chi connectivity index (χ0v) is 10.4. The van der Waals surface area contributed by atoms with Crippen LogP contribution < -0.4 is 10.1 Å². The summed E-state index contributed by atoms with van der Waals surface area (Å²) in [5, 5.41) is 2.76. The lowest BCUT2D eigenvalue weighted by molar-refractivity contribution is -0.118. The van der Waals surface area contributed by atoms with Gasteiger partial charge >= 0.3 is 0 Å². The van der Waals surface area contributed by atoms with E-state index in [1.807, 2.05) is 24.3 Å². The lowest BCUT2D eigenvalue weighted by Gasteiger charge is -2.05. The van der Waals surface area contributed by atoms with Gasteiger partial charge in [0.2, 0.25) is 5.91 Å². The average molecular weight is 249 g/mol. The highest BCUT2D eigenvalue weighted by molar-refractivity contribution is 7.81. The first kappa shape index (κ1) is 13.5. The molecule has 3 nitrogen and oxygen atoms in total. The minimum Gasteiger partial charge on any atom is -0.481 e. The molecule has 0 saturated heterocycles. The van der Waals surface area contributed by atoms with E-state index in [-0.39, 0.29) is 18.3 Å². The fourth-order valence-corrected chi connectivity index (χ4v) is 1.39. The highest BCUT2D eigenvalue weighted by Gasteiger charge is 1.98. The van der Waals surface area contributed by atoms with Crippen LogP contribution in [0.2, 0.25) is 0 Å². The van der Waals surface area contributed by atoms with Crippen LogP contribution in [0, 0.1) is 12.3 Å². The number of amides is 1. The summed E-state index contributed by atoms with van der Waals surface area (Å²) in [5.74, 6) is 3.33. The number of carbonyl (C=O) groups is 1. The van der Waals surface area contributed by atoms with Gasteiger partial charge in [0.25, 0.3) is 0 Å². The van der Waals surface area contributed by atoms with Crippen molar-refractivity contribution >= 4 is 18.5 Å². The Kier molecular flexibility index (Phi) is 6.05. The Morgan fingerprint density at radius 1 is 1.41 bits per heavy atom. The first-order chi connectivity index (χ1) is 8.26. The van der Waals surface area contributed by atoms with E-state index in [2.05, 4.69) is 23.9 Å². The molecular formula is C13H15NO2S. The number of rotatable bonds is 6. The predicted octanol–water partition coefficient (Wildman–Crippen LogP) is 1.29. The molecule has 1 aromatic carbocycles. The van der Waals surface area contributed by atoms with E-state index in [4.69, 9.17) is 11.2 Å². The largest absolute Gasteiger partial charge is 0.481 e. The monoisotopic (exact) mass is 249 g/mol. The second kappa shape index (κ2) is 7.64. The zero-order chi connectivity index (χ0) is 12.5. The number of hydrogen-bond acceptors (Lipinski definition) is 3. The Hall–Kier alpha value is -1.60. The summed E-state index contributed by atoms with van der Waals surface area (Å²) in [7, 11) is 0. The Morgan fingerprint density at radius 3 is 2.71 bits per heavy atom. The van der Waals surface area contributed by atoms with Crippen LogP contribution in [0.5, 0.6) is 5.75 Å². The average Bonchev–Trinajstić information content (AvgIpc) is 2.37. The van der Waals surface area contributed by atoms with Crippen molar-refractivity contribution in [3.63, 3.8) is 0 Å². The molecule has 0 heterocycles. The molecule has 0 fully saturated rings. The van der Waals surface area contributed by atoms with Crippen molar-refractivity contribution in [2.24, 2.45) is 0 Å². The fourth-order valence-electron chi connectivity index (χ4n) is 1.28. The smallest absolute Gasteiger partial charge is 0.229 e. The van der Waals surface area contributed by atoms with Gasteiger partial charge in [-0.3, -0.25) is 4.79 Å². The summed E-state index contributed by atoms with van der Waals surface area (Å²) < 4.78 is 5.25. The van der Waals surface area contributed by atoms with Crippen LogP contribution in [0.15, 0.2) is 24.3 Å². The summed E-state index contributed by atoms with van der Waals surface area (Å²) in [4.78, 5) is 10.9. The van der Waals surface area contributed by atoms with Crippen LogP contribution in [-0.2, 0) is 11.2 Å². The van der Waals surface area contributed by atoms with Gasteiger partial charge in [-0.25, -0.2) is 0 Å². The van der Waals surface area contributed by atoms with Crippen LogP contribution >= 0.6 is 12.6 Å². The van der Waals surface area contributed by atoms with Crippen molar-refractivity contribution < 1.29 is 9.53 Å². The standard InChI is InChI=1S/C13H15NO2S/c1-2-9-16-12-5-3-11(4-6-12)7-8-14-13(15)10-17/h1,3-6,17H,7-10H2,(H,14,15). The van der Waals surface area contributed by atoms with Crippen molar-refractivity contribution in [1.82, 2.24) is 5.32 Å². The summed E-state index contributed by atoms with van der Waals surface area (Å²) in [6.45, 7) is 0.890. The number of thiol groups is 1. The molecule has 0 bridgehead atoms. The van der Waals surface area contributed by atoms with Crippen LogP contribution in [0.25, 0.3) is 0 Å². The maximum atomic E-state index is 10.9.